The largest absolute Gasteiger partial charge is 0.466 e. The smallest absolute Gasteiger partial charge is 0.337 e. The molecule has 0 fully saturated rings. The minimum absolute atomic E-state index is 0.139. The average molecular weight is 332 g/mol. The van der Waals surface area contributed by atoms with Crippen molar-refractivity contribution in [3.63, 3.8) is 0 Å². The van der Waals surface area contributed by atoms with Crippen LogP contribution in [0.1, 0.15) is 19.4 Å². The number of esters is 1. The van der Waals surface area contributed by atoms with Crippen LogP contribution in [0.3, 0.4) is 0 Å². The minimum Gasteiger partial charge on any atom is -0.466 e. The van der Waals surface area contributed by atoms with E-state index in [0.717, 1.165) is 17.7 Å². The third-order valence-corrected chi connectivity index (χ3v) is 3.79. The normalized spacial score (nSPS) is 14.5. The molecular formula is C18H24N2O4. The van der Waals surface area contributed by atoms with Gasteiger partial charge in [-0.3, -0.25) is 4.79 Å². The number of aliphatic hydroxyl groups excluding tert-OH is 1. The van der Waals surface area contributed by atoms with Crippen molar-refractivity contribution in [2.75, 3.05) is 32.1 Å². The second kappa shape index (κ2) is 7.97. The first-order valence-corrected chi connectivity index (χ1v) is 8.03. The summed E-state index contributed by atoms with van der Waals surface area (Å²) in [4.78, 5) is 25.9. The zero-order valence-corrected chi connectivity index (χ0v) is 14.3. The zero-order chi connectivity index (χ0) is 17.7. The van der Waals surface area contributed by atoms with Gasteiger partial charge in [0.05, 0.1) is 25.8 Å². The van der Waals surface area contributed by atoms with E-state index in [0.29, 0.717) is 5.92 Å². The van der Waals surface area contributed by atoms with Crippen LogP contribution in [0.15, 0.2) is 35.5 Å². The van der Waals surface area contributed by atoms with Gasteiger partial charge in [-0.25, -0.2) is 4.79 Å². The van der Waals surface area contributed by atoms with E-state index in [4.69, 9.17) is 9.84 Å². The molecule has 0 atom stereocenters. The number of benzene rings is 1. The highest BCUT2D eigenvalue weighted by Gasteiger charge is 2.34. The van der Waals surface area contributed by atoms with Crippen LogP contribution in [-0.2, 0) is 20.7 Å². The van der Waals surface area contributed by atoms with Gasteiger partial charge in [-0.2, -0.15) is 0 Å². The predicted octanol–water partition coefficient (Wildman–Crippen LogP) is 1.56. The van der Waals surface area contributed by atoms with Gasteiger partial charge in [0.1, 0.15) is 5.70 Å². The minimum atomic E-state index is -0.537. The molecule has 1 aliphatic heterocycles. The lowest BCUT2D eigenvalue weighted by molar-refractivity contribution is -0.136. The monoisotopic (exact) mass is 332 g/mol. The van der Waals surface area contributed by atoms with Crippen molar-refractivity contribution in [3.8, 4) is 0 Å². The van der Waals surface area contributed by atoms with E-state index in [1.165, 1.54) is 12.0 Å². The fourth-order valence-electron chi connectivity index (χ4n) is 2.74. The molecule has 1 amide bonds. The molecule has 0 unspecified atom stereocenters. The highest BCUT2D eigenvalue weighted by molar-refractivity contribution is 6.08. The molecule has 130 valence electrons. The maximum atomic E-state index is 12.5. The van der Waals surface area contributed by atoms with Crippen molar-refractivity contribution >= 4 is 17.6 Å². The van der Waals surface area contributed by atoms with Gasteiger partial charge in [0.25, 0.3) is 5.91 Å². The molecule has 0 spiro atoms. The topological polar surface area (TPSA) is 78.9 Å². The quantitative estimate of drug-likeness (QED) is 0.741. The Morgan fingerprint density at radius 1 is 1.42 bits per heavy atom. The summed E-state index contributed by atoms with van der Waals surface area (Å²) in [6.45, 7) is 4.45. The van der Waals surface area contributed by atoms with Crippen LogP contribution in [0, 0.1) is 5.92 Å². The summed E-state index contributed by atoms with van der Waals surface area (Å²) in [5.41, 5.74) is 2.42. The van der Waals surface area contributed by atoms with Gasteiger partial charge >= 0.3 is 5.97 Å². The van der Waals surface area contributed by atoms with Gasteiger partial charge in [0.15, 0.2) is 0 Å². The van der Waals surface area contributed by atoms with Crippen molar-refractivity contribution in [1.82, 2.24) is 4.90 Å². The average Bonchev–Trinajstić information content (AvgIpc) is 2.84. The van der Waals surface area contributed by atoms with Gasteiger partial charge in [0, 0.05) is 12.2 Å². The summed E-state index contributed by atoms with van der Waals surface area (Å²) in [6.07, 6.45) is 0.934. The summed E-state index contributed by atoms with van der Waals surface area (Å²) in [5.74, 6) is -0.318. The van der Waals surface area contributed by atoms with E-state index in [1.807, 2.05) is 24.3 Å². The molecule has 0 aliphatic carbocycles. The molecule has 24 heavy (non-hydrogen) atoms. The SMILES string of the molecule is COC(=O)C1=C(Nc2cccc(CC(C)C)c2)C(=O)N(CCO)C1. The zero-order valence-electron chi connectivity index (χ0n) is 14.3. The molecule has 1 aromatic carbocycles. The van der Waals surface area contributed by atoms with E-state index in [1.54, 1.807) is 0 Å². The van der Waals surface area contributed by atoms with Gasteiger partial charge < -0.3 is 20.1 Å². The second-order valence-electron chi connectivity index (χ2n) is 6.22. The van der Waals surface area contributed by atoms with Crippen LogP contribution in [0.25, 0.3) is 0 Å². The predicted molar refractivity (Wildman–Crippen MR) is 91.3 cm³/mol. The lowest BCUT2D eigenvalue weighted by Crippen LogP contribution is -2.31. The van der Waals surface area contributed by atoms with Gasteiger partial charge in [0.2, 0.25) is 0 Å². The number of amides is 1. The van der Waals surface area contributed by atoms with Gasteiger partial charge in [-0.1, -0.05) is 26.0 Å². The van der Waals surface area contributed by atoms with E-state index in [9.17, 15) is 9.59 Å². The van der Waals surface area contributed by atoms with Crippen LogP contribution in [0.5, 0.6) is 0 Å². The third kappa shape index (κ3) is 4.14. The highest BCUT2D eigenvalue weighted by Crippen LogP contribution is 2.23. The summed E-state index contributed by atoms with van der Waals surface area (Å²) in [5, 5.41) is 12.1. The maximum absolute atomic E-state index is 12.5. The van der Waals surface area contributed by atoms with Crippen molar-refractivity contribution in [2.45, 2.75) is 20.3 Å². The molecule has 6 heteroatoms. The molecule has 0 radical (unpaired) electrons. The lowest BCUT2D eigenvalue weighted by Gasteiger charge is -2.15. The standard InChI is InChI=1S/C18H24N2O4/c1-12(2)9-13-5-4-6-14(10-13)19-16-15(18(23)24-3)11-20(7-8-21)17(16)22/h4-6,10,12,19,21H,7-9,11H2,1-3H3. The Hall–Kier alpha value is -2.34. The van der Waals surface area contributed by atoms with Gasteiger partial charge in [-0.05, 0) is 30.0 Å². The molecule has 1 aromatic rings. The first-order chi connectivity index (χ1) is 11.5. The Bertz CT molecular complexity index is 652. The summed E-state index contributed by atoms with van der Waals surface area (Å²) < 4.78 is 4.78. The third-order valence-electron chi connectivity index (χ3n) is 3.79. The fourth-order valence-corrected chi connectivity index (χ4v) is 2.74. The van der Waals surface area contributed by atoms with E-state index >= 15 is 0 Å². The number of nitrogens with zero attached hydrogens (tertiary/aromatic N) is 1. The molecular weight excluding hydrogens is 308 g/mol. The number of carbonyl (C=O) groups excluding carboxylic acids is 2. The number of carbonyl (C=O) groups is 2. The van der Waals surface area contributed by atoms with Crippen LogP contribution < -0.4 is 5.32 Å². The Morgan fingerprint density at radius 3 is 2.79 bits per heavy atom. The van der Waals surface area contributed by atoms with Gasteiger partial charge in [-0.15, -0.1) is 0 Å². The Morgan fingerprint density at radius 2 is 2.17 bits per heavy atom. The number of methoxy groups -OCH3 is 1. The fraction of sp³-hybridized carbons (Fsp3) is 0.444. The molecule has 0 aromatic heterocycles. The number of hydrogen-bond donors (Lipinski definition) is 2. The van der Waals surface area contributed by atoms with Crippen molar-refractivity contribution in [2.24, 2.45) is 5.92 Å². The lowest BCUT2D eigenvalue weighted by atomic mass is 10.0. The van der Waals surface area contributed by atoms with Crippen LogP contribution >= 0.6 is 0 Å². The van der Waals surface area contributed by atoms with Crippen molar-refractivity contribution in [1.29, 1.82) is 0 Å². The number of ether oxygens (including phenoxy) is 1. The number of anilines is 1. The Kier molecular flexibility index (Phi) is 5.98. The molecule has 1 heterocycles. The Balaban J connectivity index is 2.27. The first-order valence-electron chi connectivity index (χ1n) is 8.03. The molecule has 1 aliphatic rings. The molecule has 2 rings (SSSR count). The van der Waals surface area contributed by atoms with E-state index in [-0.39, 0.29) is 36.9 Å². The van der Waals surface area contributed by atoms with Crippen molar-refractivity contribution < 1.29 is 19.4 Å². The highest BCUT2D eigenvalue weighted by atomic mass is 16.5. The molecule has 0 bridgehead atoms. The Labute approximate surface area is 142 Å². The number of nitrogens with one attached hydrogen (secondary N) is 1. The maximum Gasteiger partial charge on any atom is 0.337 e. The number of hydrogen-bond acceptors (Lipinski definition) is 5. The van der Waals surface area contributed by atoms with E-state index in [2.05, 4.69) is 19.2 Å². The number of rotatable bonds is 7. The summed E-state index contributed by atoms with van der Waals surface area (Å²) in [6, 6.07) is 7.79. The first kappa shape index (κ1) is 18.0. The van der Waals surface area contributed by atoms with Crippen molar-refractivity contribution in [3.05, 3.63) is 41.1 Å². The van der Waals surface area contributed by atoms with Crippen LogP contribution in [-0.4, -0.2) is 48.7 Å². The van der Waals surface area contributed by atoms with Crippen LogP contribution in [0.4, 0.5) is 5.69 Å². The number of aliphatic hydroxyl groups is 1. The molecule has 6 nitrogen and oxygen atoms in total. The summed E-state index contributed by atoms with van der Waals surface area (Å²) >= 11 is 0. The summed E-state index contributed by atoms with van der Waals surface area (Å²) in [7, 11) is 1.29. The molecule has 0 saturated heterocycles. The number of β-amino-alcohol motifs (C(OH)–C–C–N with tert-alkyl or cyclic N) is 1. The second-order valence-corrected chi connectivity index (χ2v) is 6.22. The van der Waals surface area contributed by atoms with Crippen LogP contribution in [0.2, 0.25) is 0 Å². The van der Waals surface area contributed by atoms with E-state index < -0.39 is 5.97 Å². The molecule has 2 N–H and O–H groups in total. The molecule has 0 saturated carbocycles.